The Morgan fingerprint density at radius 3 is 1.92 bits per heavy atom. The van der Waals surface area contributed by atoms with Gasteiger partial charge < -0.3 is 30.9 Å². The van der Waals surface area contributed by atoms with E-state index in [4.69, 9.17) is 0 Å². The van der Waals surface area contributed by atoms with E-state index in [1.54, 1.807) is 0 Å². The zero-order valence-corrected chi connectivity index (χ0v) is 11.9. The van der Waals surface area contributed by atoms with Crippen LogP contribution in [0.5, 0.6) is 0 Å². The van der Waals surface area contributed by atoms with Crippen LogP contribution < -0.4 is 24.0 Å². The molecule has 0 radical (unpaired) electrons. The Morgan fingerprint density at radius 2 is 1.58 bits per heavy atom. The predicted molar refractivity (Wildman–Crippen MR) is 51.4 cm³/mol. The van der Waals surface area contributed by atoms with Crippen molar-refractivity contribution in [3.8, 4) is 0 Å². The molecular formula is C10H19IMg. The monoisotopic (exact) mass is 290 g/mol. The molecule has 0 saturated heterocycles. The topological polar surface area (TPSA) is 0 Å². The van der Waals surface area contributed by atoms with Crippen LogP contribution in [-0.2, 0) is 0 Å². The van der Waals surface area contributed by atoms with Gasteiger partial charge in [0.05, 0.1) is 0 Å². The second-order valence-electron chi connectivity index (χ2n) is 4.00. The summed E-state index contributed by atoms with van der Waals surface area (Å²) in [4.78, 5) is 0. The molecule has 1 rings (SSSR count). The molecule has 1 saturated carbocycles. The van der Waals surface area contributed by atoms with Crippen molar-refractivity contribution in [1.82, 2.24) is 0 Å². The van der Waals surface area contributed by atoms with Crippen molar-refractivity contribution in [2.24, 2.45) is 17.8 Å². The van der Waals surface area contributed by atoms with E-state index in [0.717, 1.165) is 11.8 Å². The summed E-state index contributed by atoms with van der Waals surface area (Å²) in [5, 5.41) is 0. The van der Waals surface area contributed by atoms with Gasteiger partial charge in [-0.25, -0.2) is 0 Å². The molecule has 0 amide bonds. The van der Waals surface area contributed by atoms with Crippen LogP contribution in [0.25, 0.3) is 0 Å². The molecule has 1 aliphatic carbocycles. The summed E-state index contributed by atoms with van der Waals surface area (Å²) >= 11 is 0. The molecule has 1 atom stereocenters. The maximum Gasteiger partial charge on any atom is 2.00 e. The maximum atomic E-state index is 4.09. The van der Waals surface area contributed by atoms with Crippen LogP contribution in [0.1, 0.15) is 39.5 Å². The second-order valence-corrected chi connectivity index (χ2v) is 4.00. The number of rotatable bonds is 1. The van der Waals surface area contributed by atoms with E-state index in [1.807, 2.05) is 0 Å². The van der Waals surface area contributed by atoms with Gasteiger partial charge in [-0.2, -0.15) is 5.92 Å². The van der Waals surface area contributed by atoms with Crippen LogP contribution in [0.4, 0.5) is 0 Å². The van der Waals surface area contributed by atoms with Crippen molar-refractivity contribution >= 4 is 23.1 Å². The third-order valence-electron chi connectivity index (χ3n) is 2.87. The van der Waals surface area contributed by atoms with Crippen molar-refractivity contribution in [1.29, 1.82) is 0 Å². The predicted octanol–water partition coefficient (Wildman–Crippen LogP) is -0.0939. The van der Waals surface area contributed by atoms with E-state index in [0.29, 0.717) is 5.92 Å². The summed E-state index contributed by atoms with van der Waals surface area (Å²) in [5.41, 5.74) is 0. The molecule has 0 nitrogen and oxygen atoms in total. The molecule has 1 fully saturated rings. The second kappa shape index (κ2) is 7.86. The van der Waals surface area contributed by atoms with Crippen molar-refractivity contribution in [3.63, 3.8) is 0 Å². The smallest absolute Gasteiger partial charge is 1.00 e. The maximum absolute atomic E-state index is 4.09. The van der Waals surface area contributed by atoms with Crippen molar-refractivity contribution in [3.05, 3.63) is 6.92 Å². The minimum atomic E-state index is 0. The minimum Gasteiger partial charge on any atom is -1.00 e. The first-order valence-electron chi connectivity index (χ1n) is 4.53. The Balaban J connectivity index is 0. The van der Waals surface area contributed by atoms with Gasteiger partial charge in [-0.3, -0.25) is 0 Å². The van der Waals surface area contributed by atoms with Gasteiger partial charge in [0.1, 0.15) is 0 Å². The van der Waals surface area contributed by atoms with Crippen LogP contribution in [0.2, 0.25) is 0 Å². The molecule has 0 N–H and O–H groups in total. The minimum absolute atomic E-state index is 0. The molecule has 0 bridgehead atoms. The first-order chi connectivity index (χ1) is 4.70. The summed E-state index contributed by atoms with van der Waals surface area (Å²) in [7, 11) is 0. The van der Waals surface area contributed by atoms with E-state index < -0.39 is 0 Å². The summed E-state index contributed by atoms with van der Waals surface area (Å²) in [6, 6.07) is 0. The molecule has 1 unspecified atom stereocenters. The number of halogens is 1. The van der Waals surface area contributed by atoms with Gasteiger partial charge in [0.25, 0.3) is 0 Å². The fourth-order valence-electron chi connectivity index (χ4n) is 1.85. The molecule has 12 heavy (non-hydrogen) atoms. The molecule has 0 aromatic rings. The van der Waals surface area contributed by atoms with Crippen LogP contribution in [0.15, 0.2) is 0 Å². The van der Waals surface area contributed by atoms with E-state index in [2.05, 4.69) is 20.8 Å². The molecule has 0 aliphatic heterocycles. The Hall–Kier alpha value is 1.50. The summed E-state index contributed by atoms with van der Waals surface area (Å²) in [6.45, 7) is 8.70. The van der Waals surface area contributed by atoms with Gasteiger partial charge in [0, 0.05) is 0 Å². The third-order valence-corrected chi connectivity index (χ3v) is 2.87. The molecule has 2 heteroatoms. The van der Waals surface area contributed by atoms with Gasteiger partial charge in [0.2, 0.25) is 0 Å². The van der Waals surface area contributed by atoms with E-state index in [9.17, 15) is 0 Å². The van der Waals surface area contributed by atoms with Gasteiger partial charge >= 0.3 is 23.1 Å². The summed E-state index contributed by atoms with van der Waals surface area (Å²) in [6.07, 6.45) is 5.72. The molecular weight excluding hydrogens is 271 g/mol. The van der Waals surface area contributed by atoms with Crippen molar-refractivity contribution in [2.45, 2.75) is 39.5 Å². The number of hydrogen-bond donors (Lipinski definition) is 0. The molecule has 0 spiro atoms. The molecule has 0 aromatic carbocycles. The van der Waals surface area contributed by atoms with Crippen LogP contribution in [0, 0.1) is 24.7 Å². The van der Waals surface area contributed by atoms with Crippen LogP contribution in [0.3, 0.4) is 0 Å². The Morgan fingerprint density at radius 1 is 1.17 bits per heavy atom. The first-order valence-corrected chi connectivity index (χ1v) is 4.53. The van der Waals surface area contributed by atoms with Crippen molar-refractivity contribution < 1.29 is 24.0 Å². The largest absolute Gasteiger partial charge is 2.00 e. The Bertz CT molecular complexity index is 96.0. The molecule has 0 heterocycles. The Labute approximate surface area is 110 Å². The quantitative estimate of drug-likeness (QED) is 0.360. The first kappa shape index (κ1) is 15.9. The number of hydrogen-bond acceptors (Lipinski definition) is 0. The molecule has 68 valence electrons. The van der Waals surface area contributed by atoms with Crippen LogP contribution >= 0.6 is 0 Å². The van der Waals surface area contributed by atoms with Gasteiger partial charge in [-0.1, -0.05) is 45.4 Å². The average Bonchev–Trinajstić information content (AvgIpc) is 1.88. The van der Waals surface area contributed by atoms with Crippen LogP contribution in [-0.4, -0.2) is 23.1 Å². The van der Waals surface area contributed by atoms with E-state index in [1.165, 1.54) is 25.7 Å². The zero-order valence-electron chi connectivity index (χ0n) is 8.35. The zero-order chi connectivity index (χ0) is 7.56. The van der Waals surface area contributed by atoms with Gasteiger partial charge in [0.15, 0.2) is 0 Å². The fraction of sp³-hybridized carbons (Fsp3) is 0.900. The summed E-state index contributed by atoms with van der Waals surface area (Å²) < 4.78 is 0. The normalized spacial score (nSPS) is 31.2. The average molecular weight is 290 g/mol. The standard InChI is InChI=1S/C10H19.HI.Mg/c1-8(2)10-6-4-9(3)5-7-10;;/h8-10H,1,4-7H2,2-3H3;1H;/q-1;;+2/p-1. The Kier molecular flexibility index (Phi) is 10.4. The summed E-state index contributed by atoms with van der Waals surface area (Å²) in [5.74, 6) is 2.58. The fourth-order valence-corrected chi connectivity index (χ4v) is 1.85. The van der Waals surface area contributed by atoms with E-state index in [-0.39, 0.29) is 47.0 Å². The van der Waals surface area contributed by atoms with Gasteiger partial charge in [-0.15, -0.1) is 0 Å². The van der Waals surface area contributed by atoms with Crippen molar-refractivity contribution in [2.75, 3.05) is 0 Å². The molecule has 0 aromatic heterocycles. The third kappa shape index (κ3) is 5.27. The van der Waals surface area contributed by atoms with Gasteiger partial charge in [-0.05, 0) is 5.92 Å². The SMILES string of the molecule is [CH2-]C(C)C1CCC(C)CC1.[I-].[Mg+2]. The molecule has 1 aliphatic rings. The van der Waals surface area contributed by atoms with E-state index >= 15 is 0 Å².